The van der Waals surface area contributed by atoms with Crippen LogP contribution in [0, 0.1) is 0 Å². The van der Waals surface area contributed by atoms with Gasteiger partial charge in [0.25, 0.3) is 0 Å². The average molecular weight is 328 g/mol. The number of hydrogen-bond donors (Lipinski definition) is 0. The van der Waals surface area contributed by atoms with E-state index in [1.54, 1.807) is 18.2 Å². The van der Waals surface area contributed by atoms with Crippen molar-refractivity contribution in [1.82, 2.24) is 4.90 Å². The maximum absolute atomic E-state index is 12.5. The van der Waals surface area contributed by atoms with Crippen molar-refractivity contribution in [2.24, 2.45) is 0 Å². The molecule has 2 atom stereocenters. The van der Waals surface area contributed by atoms with Gasteiger partial charge in [0.05, 0.1) is 29.3 Å². The predicted molar refractivity (Wildman–Crippen MR) is 84.4 cm³/mol. The molecule has 1 heterocycles. The molecule has 0 bridgehead atoms. The standard InChI is InChI=1S/C16H19Cl2NO2/c17-12-6-5-11(9-13(12)18)15(20)10-19-7-8-21-16-4-2-1-3-14(16)19/h5-6,9,14,16H,1-4,7-8,10H2. The SMILES string of the molecule is O=C(CN1CCOC2CCCCC21)c1ccc(Cl)c(Cl)c1. The van der Waals surface area contributed by atoms with Crippen LogP contribution in [0.3, 0.4) is 0 Å². The Bertz CT molecular complexity index is 533. The van der Waals surface area contributed by atoms with E-state index >= 15 is 0 Å². The van der Waals surface area contributed by atoms with Gasteiger partial charge in [0, 0.05) is 18.2 Å². The zero-order chi connectivity index (χ0) is 14.8. The highest BCUT2D eigenvalue weighted by atomic mass is 35.5. The van der Waals surface area contributed by atoms with Gasteiger partial charge in [-0.05, 0) is 31.0 Å². The van der Waals surface area contributed by atoms with Gasteiger partial charge in [-0.1, -0.05) is 36.0 Å². The summed E-state index contributed by atoms with van der Waals surface area (Å²) in [7, 11) is 0. The van der Waals surface area contributed by atoms with Crippen LogP contribution in [0.25, 0.3) is 0 Å². The van der Waals surface area contributed by atoms with Crippen LogP contribution >= 0.6 is 23.2 Å². The van der Waals surface area contributed by atoms with Crippen LogP contribution in [0.15, 0.2) is 18.2 Å². The Kier molecular flexibility index (Phi) is 4.85. The summed E-state index contributed by atoms with van der Waals surface area (Å²) in [6.45, 7) is 1.98. The zero-order valence-corrected chi connectivity index (χ0v) is 13.4. The highest BCUT2D eigenvalue weighted by molar-refractivity contribution is 6.42. The molecular formula is C16H19Cl2NO2. The van der Waals surface area contributed by atoms with E-state index in [-0.39, 0.29) is 5.78 Å². The smallest absolute Gasteiger partial charge is 0.176 e. The number of ether oxygens (including phenoxy) is 1. The van der Waals surface area contributed by atoms with Crippen LogP contribution in [0.5, 0.6) is 0 Å². The lowest BCUT2D eigenvalue weighted by Crippen LogP contribution is -2.53. The normalized spacial score (nSPS) is 26.4. The van der Waals surface area contributed by atoms with Crippen LogP contribution < -0.4 is 0 Å². The third-order valence-corrected chi connectivity index (χ3v) is 5.17. The Morgan fingerprint density at radius 2 is 2.05 bits per heavy atom. The van der Waals surface area contributed by atoms with Crippen molar-refractivity contribution in [3.05, 3.63) is 33.8 Å². The number of carbonyl (C=O) groups is 1. The van der Waals surface area contributed by atoms with Crippen molar-refractivity contribution < 1.29 is 9.53 Å². The monoisotopic (exact) mass is 327 g/mol. The van der Waals surface area contributed by atoms with Crippen molar-refractivity contribution in [2.45, 2.75) is 37.8 Å². The van der Waals surface area contributed by atoms with Crippen LogP contribution in [0.4, 0.5) is 0 Å². The first-order valence-electron chi connectivity index (χ1n) is 7.49. The largest absolute Gasteiger partial charge is 0.375 e. The van der Waals surface area contributed by atoms with Gasteiger partial charge < -0.3 is 4.74 Å². The van der Waals surface area contributed by atoms with Gasteiger partial charge in [0.15, 0.2) is 5.78 Å². The minimum Gasteiger partial charge on any atom is -0.375 e. The number of ketones is 1. The van der Waals surface area contributed by atoms with E-state index in [9.17, 15) is 4.79 Å². The van der Waals surface area contributed by atoms with E-state index in [0.29, 0.717) is 34.3 Å². The second-order valence-electron chi connectivity index (χ2n) is 5.78. The fraction of sp³-hybridized carbons (Fsp3) is 0.562. The molecular weight excluding hydrogens is 309 g/mol. The number of carbonyl (C=O) groups excluding carboxylic acids is 1. The molecule has 3 rings (SSSR count). The van der Waals surface area contributed by atoms with Crippen LogP contribution in [-0.2, 0) is 4.74 Å². The summed E-state index contributed by atoms with van der Waals surface area (Å²) in [6.07, 6.45) is 4.99. The summed E-state index contributed by atoms with van der Waals surface area (Å²) in [4.78, 5) is 14.7. The highest BCUT2D eigenvalue weighted by Gasteiger charge is 2.34. The fourth-order valence-electron chi connectivity index (χ4n) is 3.32. The predicted octanol–water partition coefficient (Wildman–Crippen LogP) is 3.82. The second-order valence-corrected chi connectivity index (χ2v) is 6.60. The van der Waals surface area contributed by atoms with Gasteiger partial charge in [0.2, 0.25) is 0 Å². The lowest BCUT2D eigenvalue weighted by molar-refractivity contribution is -0.0846. The molecule has 1 saturated carbocycles. The molecule has 2 fully saturated rings. The van der Waals surface area contributed by atoms with Gasteiger partial charge in [-0.25, -0.2) is 0 Å². The fourth-order valence-corrected chi connectivity index (χ4v) is 3.62. The van der Waals surface area contributed by atoms with Gasteiger partial charge in [0.1, 0.15) is 0 Å². The van der Waals surface area contributed by atoms with E-state index in [2.05, 4.69) is 4.90 Å². The molecule has 1 aliphatic carbocycles. The first kappa shape index (κ1) is 15.3. The minimum absolute atomic E-state index is 0.0970. The topological polar surface area (TPSA) is 29.5 Å². The Morgan fingerprint density at radius 1 is 1.24 bits per heavy atom. The number of halogens is 2. The Hall–Kier alpha value is -0.610. The molecule has 0 radical (unpaired) electrons. The van der Waals surface area contributed by atoms with Gasteiger partial charge >= 0.3 is 0 Å². The summed E-state index contributed by atoms with van der Waals surface area (Å²) in [5.41, 5.74) is 0.628. The first-order chi connectivity index (χ1) is 10.1. The molecule has 3 nitrogen and oxygen atoms in total. The van der Waals surface area contributed by atoms with Gasteiger partial charge in [-0.15, -0.1) is 0 Å². The molecule has 2 unspecified atom stereocenters. The highest BCUT2D eigenvalue weighted by Crippen LogP contribution is 2.29. The molecule has 2 aliphatic rings. The lowest BCUT2D eigenvalue weighted by Gasteiger charge is -2.43. The molecule has 1 aromatic rings. The van der Waals surface area contributed by atoms with Crippen molar-refractivity contribution in [2.75, 3.05) is 19.7 Å². The van der Waals surface area contributed by atoms with E-state index in [0.717, 1.165) is 26.0 Å². The summed E-state index contributed by atoms with van der Waals surface area (Å²) >= 11 is 11.9. The Morgan fingerprint density at radius 3 is 2.86 bits per heavy atom. The maximum Gasteiger partial charge on any atom is 0.176 e. The van der Waals surface area contributed by atoms with Crippen molar-refractivity contribution in [1.29, 1.82) is 0 Å². The summed E-state index contributed by atoms with van der Waals surface area (Å²) in [6, 6.07) is 5.47. The summed E-state index contributed by atoms with van der Waals surface area (Å²) in [5.74, 6) is 0.0970. The molecule has 1 saturated heterocycles. The minimum atomic E-state index is 0.0970. The number of morpholine rings is 1. The number of Topliss-reactive ketones (excluding diaryl/α,β-unsaturated/α-hetero) is 1. The quantitative estimate of drug-likeness (QED) is 0.790. The number of nitrogens with zero attached hydrogens (tertiary/aromatic N) is 1. The third-order valence-electron chi connectivity index (χ3n) is 4.44. The van der Waals surface area contributed by atoms with E-state index in [1.165, 1.54) is 12.8 Å². The molecule has 0 spiro atoms. The van der Waals surface area contributed by atoms with E-state index < -0.39 is 0 Å². The van der Waals surface area contributed by atoms with Gasteiger partial charge in [-0.3, -0.25) is 9.69 Å². The molecule has 0 N–H and O–H groups in total. The lowest BCUT2D eigenvalue weighted by atomic mass is 9.90. The molecule has 0 aromatic heterocycles. The first-order valence-corrected chi connectivity index (χ1v) is 8.24. The third kappa shape index (κ3) is 3.42. The van der Waals surface area contributed by atoms with E-state index in [1.807, 2.05) is 0 Å². The molecule has 1 aliphatic heterocycles. The zero-order valence-electron chi connectivity index (χ0n) is 11.9. The van der Waals surface area contributed by atoms with Crippen LogP contribution in [0.1, 0.15) is 36.0 Å². The molecule has 114 valence electrons. The molecule has 1 aromatic carbocycles. The van der Waals surface area contributed by atoms with Crippen molar-refractivity contribution in [3.63, 3.8) is 0 Å². The number of benzene rings is 1. The van der Waals surface area contributed by atoms with E-state index in [4.69, 9.17) is 27.9 Å². The Balaban J connectivity index is 1.69. The molecule has 0 amide bonds. The van der Waals surface area contributed by atoms with Crippen molar-refractivity contribution >= 4 is 29.0 Å². The van der Waals surface area contributed by atoms with Crippen molar-refractivity contribution in [3.8, 4) is 0 Å². The van der Waals surface area contributed by atoms with Crippen LogP contribution in [-0.4, -0.2) is 42.5 Å². The Labute approximate surface area is 135 Å². The summed E-state index contributed by atoms with van der Waals surface area (Å²) < 4.78 is 5.84. The molecule has 21 heavy (non-hydrogen) atoms. The number of rotatable bonds is 3. The second kappa shape index (κ2) is 6.66. The average Bonchev–Trinajstić information content (AvgIpc) is 2.50. The summed E-state index contributed by atoms with van der Waals surface area (Å²) in [5, 5.41) is 0.909. The molecule has 5 heteroatoms. The number of hydrogen-bond acceptors (Lipinski definition) is 3. The van der Waals surface area contributed by atoms with Gasteiger partial charge in [-0.2, -0.15) is 0 Å². The van der Waals surface area contributed by atoms with Crippen LogP contribution in [0.2, 0.25) is 10.0 Å². The number of fused-ring (bicyclic) bond motifs is 1. The maximum atomic E-state index is 12.5.